The lowest BCUT2D eigenvalue weighted by Gasteiger charge is -2.27. The van der Waals surface area contributed by atoms with Crippen LogP contribution in [-0.4, -0.2) is 40.5 Å². The molecular weight excluding hydrogens is 314 g/mol. The van der Waals surface area contributed by atoms with Gasteiger partial charge in [0.05, 0.1) is 11.7 Å². The Balaban J connectivity index is 1.70. The molecule has 2 aromatic rings. The Morgan fingerprint density at radius 1 is 1.20 bits per heavy atom. The minimum absolute atomic E-state index is 0.0145. The second-order valence-corrected chi connectivity index (χ2v) is 6.51. The van der Waals surface area contributed by atoms with E-state index < -0.39 is 6.10 Å². The minimum Gasteiger partial charge on any atom is -0.387 e. The third-order valence-corrected chi connectivity index (χ3v) is 4.69. The lowest BCUT2D eigenvalue weighted by molar-refractivity contribution is 0.0724. The number of benzene rings is 1. The zero-order valence-electron chi connectivity index (χ0n) is 14.6. The Bertz CT molecular complexity index is 726. The van der Waals surface area contributed by atoms with Gasteiger partial charge in [0.15, 0.2) is 0 Å². The molecule has 1 atom stereocenters. The van der Waals surface area contributed by atoms with Crippen molar-refractivity contribution < 1.29 is 9.90 Å². The number of pyridine rings is 1. The number of aliphatic hydroxyl groups excluding tert-OH is 1. The number of piperidine rings is 1. The van der Waals surface area contributed by atoms with Crippen LogP contribution in [0.25, 0.3) is 0 Å². The number of amides is 1. The first-order valence-electron chi connectivity index (χ1n) is 8.88. The van der Waals surface area contributed by atoms with Crippen LogP contribution in [0.4, 0.5) is 5.82 Å². The van der Waals surface area contributed by atoms with Crippen molar-refractivity contribution in [1.82, 2.24) is 9.88 Å². The van der Waals surface area contributed by atoms with E-state index in [-0.39, 0.29) is 5.91 Å². The fourth-order valence-electron chi connectivity index (χ4n) is 3.25. The Kier molecular flexibility index (Phi) is 5.66. The van der Waals surface area contributed by atoms with Crippen molar-refractivity contribution >= 4 is 11.7 Å². The molecule has 0 aliphatic carbocycles. The number of nitrogens with zero attached hydrogens (tertiary/aromatic N) is 2. The van der Waals surface area contributed by atoms with Crippen LogP contribution in [0.3, 0.4) is 0 Å². The van der Waals surface area contributed by atoms with Gasteiger partial charge in [-0.15, -0.1) is 0 Å². The number of aromatic nitrogens is 1. The van der Waals surface area contributed by atoms with Gasteiger partial charge in [-0.05, 0) is 49.4 Å². The molecule has 1 aliphatic rings. The molecule has 0 spiro atoms. The van der Waals surface area contributed by atoms with Crippen LogP contribution in [0.15, 0.2) is 42.6 Å². The molecule has 1 saturated heterocycles. The van der Waals surface area contributed by atoms with E-state index in [1.807, 2.05) is 36.1 Å². The Morgan fingerprint density at radius 3 is 2.72 bits per heavy atom. The quantitative estimate of drug-likeness (QED) is 0.878. The van der Waals surface area contributed by atoms with Crippen molar-refractivity contribution in [3.63, 3.8) is 0 Å². The molecule has 132 valence electrons. The highest BCUT2D eigenvalue weighted by Crippen LogP contribution is 2.21. The Hall–Kier alpha value is -2.40. The molecule has 25 heavy (non-hydrogen) atoms. The zero-order valence-corrected chi connectivity index (χ0v) is 14.6. The van der Waals surface area contributed by atoms with Crippen molar-refractivity contribution in [3.05, 3.63) is 59.3 Å². The number of anilines is 1. The highest BCUT2D eigenvalue weighted by molar-refractivity contribution is 5.98. The van der Waals surface area contributed by atoms with E-state index in [2.05, 4.69) is 10.3 Å². The second kappa shape index (κ2) is 8.12. The van der Waals surface area contributed by atoms with E-state index in [9.17, 15) is 9.90 Å². The summed E-state index contributed by atoms with van der Waals surface area (Å²) in [5.74, 6) is 0.548. The van der Waals surface area contributed by atoms with Gasteiger partial charge in [-0.25, -0.2) is 4.98 Å². The summed E-state index contributed by atoms with van der Waals surface area (Å²) in [7, 11) is 0. The van der Waals surface area contributed by atoms with Crippen molar-refractivity contribution in [2.75, 3.05) is 25.0 Å². The largest absolute Gasteiger partial charge is 0.387 e. The van der Waals surface area contributed by atoms with E-state index in [1.165, 1.54) is 6.42 Å². The van der Waals surface area contributed by atoms with Gasteiger partial charge in [0.2, 0.25) is 0 Å². The number of rotatable bonds is 5. The molecule has 0 bridgehead atoms. The SMILES string of the molecule is Cc1ccccc1C(O)CNc1ncccc1C(=O)N1CCCCC1. The molecule has 1 unspecified atom stereocenters. The highest BCUT2D eigenvalue weighted by atomic mass is 16.3. The van der Waals surface area contributed by atoms with Crippen molar-refractivity contribution in [3.8, 4) is 0 Å². The normalized spacial score (nSPS) is 15.7. The lowest BCUT2D eigenvalue weighted by atomic mass is 10.0. The van der Waals surface area contributed by atoms with Crippen LogP contribution < -0.4 is 5.32 Å². The molecule has 5 heteroatoms. The standard InChI is InChI=1S/C20H25N3O2/c1-15-8-3-4-9-16(15)18(24)14-22-19-17(10-7-11-21-19)20(25)23-12-5-2-6-13-23/h3-4,7-11,18,24H,2,5-6,12-14H2,1H3,(H,21,22). The first kappa shape index (κ1) is 17.4. The number of hydrogen-bond donors (Lipinski definition) is 2. The number of hydrogen-bond acceptors (Lipinski definition) is 4. The molecule has 2 N–H and O–H groups in total. The summed E-state index contributed by atoms with van der Waals surface area (Å²) < 4.78 is 0. The molecule has 0 radical (unpaired) electrons. The predicted octanol–water partition coefficient (Wildman–Crippen LogP) is 3.16. The molecule has 5 nitrogen and oxygen atoms in total. The predicted molar refractivity (Wildman–Crippen MR) is 98.6 cm³/mol. The number of aryl methyl sites for hydroxylation is 1. The van der Waals surface area contributed by atoms with E-state index in [0.717, 1.165) is 37.1 Å². The molecule has 1 aromatic carbocycles. The van der Waals surface area contributed by atoms with Gasteiger partial charge in [-0.2, -0.15) is 0 Å². The van der Waals surface area contributed by atoms with Crippen molar-refractivity contribution in [2.24, 2.45) is 0 Å². The van der Waals surface area contributed by atoms with Gasteiger partial charge in [-0.1, -0.05) is 24.3 Å². The van der Waals surface area contributed by atoms with Crippen LogP contribution in [0.1, 0.15) is 46.9 Å². The second-order valence-electron chi connectivity index (χ2n) is 6.51. The fraction of sp³-hybridized carbons (Fsp3) is 0.400. The topological polar surface area (TPSA) is 65.5 Å². The molecule has 0 saturated carbocycles. The van der Waals surface area contributed by atoms with Crippen LogP contribution in [0.2, 0.25) is 0 Å². The van der Waals surface area contributed by atoms with E-state index in [4.69, 9.17) is 0 Å². The summed E-state index contributed by atoms with van der Waals surface area (Å²) >= 11 is 0. The molecule has 2 heterocycles. The molecular formula is C20H25N3O2. The fourth-order valence-corrected chi connectivity index (χ4v) is 3.25. The molecule has 1 fully saturated rings. The van der Waals surface area contributed by atoms with Crippen LogP contribution in [0, 0.1) is 6.92 Å². The van der Waals surface area contributed by atoms with Crippen LogP contribution >= 0.6 is 0 Å². The number of likely N-dealkylation sites (tertiary alicyclic amines) is 1. The number of carbonyl (C=O) groups excluding carboxylic acids is 1. The third kappa shape index (κ3) is 4.17. The summed E-state index contributed by atoms with van der Waals surface area (Å²) in [4.78, 5) is 19.0. The van der Waals surface area contributed by atoms with E-state index in [1.54, 1.807) is 18.3 Å². The average molecular weight is 339 g/mol. The summed E-state index contributed by atoms with van der Waals surface area (Å²) in [5.41, 5.74) is 2.50. The molecule has 1 amide bonds. The first-order chi connectivity index (χ1) is 12.2. The lowest BCUT2D eigenvalue weighted by Crippen LogP contribution is -2.36. The highest BCUT2D eigenvalue weighted by Gasteiger charge is 2.21. The van der Waals surface area contributed by atoms with Gasteiger partial charge in [0.1, 0.15) is 5.82 Å². The smallest absolute Gasteiger partial charge is 0.257 e. The van der Waals surface area contributed by atoms with Crippen molar-refractivity contribution in [1.29, 1.82) is 0 Å². The van der Waals surface area contributed by atoms with E-state index >= 15 is 0 Å². The van der Waals surface area contributed by atoms with Crippen LogP contribution in [0.5, 0.6) is 0 Å². The molecule has 1 aliphatic heterocycles. The number of aliphatic hydroxyl groups is 1. The average Bonchev–Trinajstić information content (AvgIpc) is 2.67. The van der Waals surface area contributed by atoms with E-state index in [0.29, 0.717) is 17.9 Å². The monoisotopic (exact) mass is 339 g/mol. The summed E-state index contributed by atoms with van der Waals surface area (Å²) in [6, 6.07) is 11.3. The van der Waals surface area contributed by atoms with Gasteiger partial charge in [-0.3, -0.25) is 4.79 Å². The zero-order chi connectivity index (χ0) is 17.6. The van der Waals surface area contributed by atoms with Crippen molar-refractivity contribution in [2.45, 2.75) is 32.3 Å². The van der Waals surface area contributed by atoms with Crippen LogP contribution in [-0.2, 0) is 0 Å². The third-order valence-electron chi connectivity index (χ3n) is 4.69. The van der Waals surface area contributed by atoms with Gasteiger partial charge < -0.3 is 15.3 Å². The maximum Gasteiger partial charge on any atom is 0.257 e. The maximum absolute atomic E-state index is 12.8. The Labute approximate surface area is 148 Å². The number of nitrogens with one attached hydrogen (secondary N) is 1. The Morgan fingerprint density at radius 2 is 1.96 bits per heavy atom. The van der Waals surface area contributed by atoms with Gasteiger partial charge >= 0.3 is 0 Å². The molecule has 1 aromatic heterocycles. The minimum atomic E-state index is -0.652. The summed E-state index contributed by atoms with van der Waals surface area (Å²) in [6.07, 6.45) is 4.31. The molecule has 3 rings (SSSR count). The van der Waals surface area contributed by atoms with Gasteiger partial charge in [0.25, 0.3) is 5.91 Å². The first-order valence-corrected chi connectivity index (χ1v) is 8.88. The maximum atomic E-state index is 12.8. The summed E-state index contributed by atoms with van der Waals surface area (Å²) in [6.45, 7) is 3.89. The number of carbonyl (C=O) groups is 1. The summed E-state index contributed by atoms with van der Waals surface area (Å²) in [5, 5.41) is 13.6. The van der Waals surface area contributed by atoms with Gasteiger partial charge in [0, 0.05) is 25.8 Å².